The molecule has 1 amide bonds. The Hall–Kier alpha value is -2.14. The molecule has 1 aromatic heterocycles. The number of amides is 1. The Balaban J connectivity index is 0.000000141. The van der Waals surface area contributed by atoms with Crippen molar-refractivity contribution in [2.24, 2.45) is 0 Å². The van der Waals surface area contributed by atoms with Gasteiger partial charge in [0.25, 0.3) is 0 Å². The van der Waals surface area contributed by atoms with Gasteiger partial charge in [-0.2, -0.15) is 0 Å². The van der Waals surface area contributed by atoms with Gasteiger partial charge in [-0.25, -0.2) is 4.79 Å². The Labute approximate surface area is 111 Å². The number of fused-ring (bicyclic) bond motifs is 1. The number of para-hydroxylation sites is 1. The third kappa shape index (κ3) is 3.93. The maximum atomic E-state index is 10.3. The summed E-state index contributed by atoms with van der Waals surface area (Å²) in [5.41, 5.74) is 1.06. The van der Waals surface area contributed by atoms with Crippen LogP contribution < -0.4 is 5.32 Å². The second kappa shape index (κ2) is 6.70. The molecule has 1 aliphatic rings. The van der Waals surface area contributed by atoms with Gasteiger partial charge in [0.15, 0.2) is 0 Å². The topological polar surface area (TPSA) is 65.5 Å². The molecule has 1 aliphatic heterocycles. The number of aromatic nitrogens is 1. The molecule has 100 valence electrons. The zero-order valence-corrected chi connectivity index (χ0v) is 10.6. The first-order valence-electron chi connectivity index (χ1n) is 6.26. The highest BCUT2D eigenvalue weighted by molar-refractivity contribution is 5.77. The van der Waals surface area contributed by atoms with E-state index in [1.807, 2.05) is 30.5 Å². The lowest BCUT2D eigenvalue weighted by molar-refractivity contribution is 0.139. The SMILES string of the molecule is O=C(O)N1CCNCC1.c1ccc2ncccc2c1. The smallest absolute Gasteiger partial charge is 0.407 e. The molecular weight excluding hydrogens is 242 g/mol. The normalized spacial score (nSPS) is 14.6. The largest absolute Gasteiger partial charge is 0.465 e. The van der Waals surface area contributed by atoms with Crippen molar-refractivity contribution in [1.82, 2.24) is 15.2 Å². The predicted octanol–water partition coefficient (Wildman–Crippen LogP) is 1.80. The Morgan fingerprint density at radius 3 is 2.47 bits per heavy atom. The molecule has 0 saturated carbocycles. The van der Waals surface area contributed by atoms with Crippen LogP contribution in [-0.2, 0) is 0 Å². The zero-order valence-electron chi connectivity index (χ0n) is 10.6. The van der Waals surface area contributed by atoms with Gasteiger partial charge in [0.2, 0.25) is 0 Å². The van der Waals surface area contributed by atoms with Gasteiger partial charge in [-0.05, 0) is 12.1 Å². The summed E-state index contributed by atoms with van der Waals surface area (Å²) >= 11 is 0. The van der Waals surface area contributed by atoms with Crippen LogP contribution in [0.1, 0.15) is 0 Å². The Morgan fingerprint density at radius 2 is 1.84 bits per heavy atom. The molecule has 1 saturated heterocycles. The molecule has 3 rings (SSSR count). The van der Waals surface area contributed by atoms with Crippen molar-refractivity contribution in [2.45, 2.75) is 0 Å². The number of nitrogens with zero attached hydrogens (tertiary/aromatic N) is 2. The molecule has 1 fully saturated rings. The standard InChI is InChI=1S/C9H7N.C5H10N2O2/c1-2-6-9-8(4-1)5-3-7-10-9;8-5(9)7-3-1-6-2-4-7/h1-7H;6H,1-4H2,(H,8,9). The number of carbonyl (C=O) groups is 1. The Bertz CT molecular complexity index is 473. The maximum absolute atomic E-state index is 10.3. The number of rotatable bonds is 0. The maximum Gasteiger partial charge on any atom is 0.407 e. The molecule has 19 heavy (non-hydrogen) atoms. The average molecular weight is 259 g/mol. The number of benzene rings is 1. The summed E-state index contributed by atoms with van der Waals surface area (Å²) in [6.07, 6.45) is 0.999. The van der Waals surface area contributed by atoms with E-state index in [4.69, 9.17) is 5.11 Å². The van der Waals surface area contributed by atoms with E-state index in [9.17, 15) is 4.79 Å². The lowest BCUT2D eigenvalue weighted by Crippen LogP contribution is -2.45. The van der Waals surface area contributed by atoms with Gasteiger partial charge >= 0.3 is 6.09 Å². The summed E-state index contributed by atoms with van der Waals surface area (Å²) in [4.78, 5) is 15.8. The van der Waals surface area contributed by atoms with E-state index >= 15 is 0 Å². The molecule has 5 nitrogen and oxygen atoms in total. The van der Waals surface area contributed by atoms with E-state index in [1.165, 1.54) is 10.3 Å². The summed E-state index contributed by atoms with van der Waals surface area (Å²) in [5, 5.41) is 12.7. The predicted molar refractivity (Wildman–Crippen MR) is 74.2 cm³/mol. The summed E-state index contributed by atoms with van der Waals surface area (Å²) in [6.45, 7) is 2.81. The van der Waals surface area contributed by atoms with Gasteiger partial charge in [-0.1, -0.05) is 24.3 Å². The molecule has 2 N–H and O–H groups in total. The van der Waals surface area contributed by atoms with E-state index < -0.39 is 6.09 Å². The van der Waals surface area contributed by atoms with Crippen LogP contribution in [0.5, 0.6) is 0 Å². The average Bonchev–Trinajstić information content (AvgIpc) is 2.49. The van der Waals surface area contributed by atoms with Crippen LogP contribution in [-0.4, -0.2) is 47.3 Å². The number of hydrogen-bond acceptors (Lipinski definition) is 3. The fourth-order valence-electron chi connectivity index (χ4n) is 1.87. The van der Waals surface area contributed by atoms with E-state index in [0.29, 0.717) is 13.1 Å². The van der Waals surface area contributed by atoms with Crippen LogP contribution >= 0.6 is 0 Å². The molecule has 0 aliphatic carbocycles. The molecule has 2 aromatic rings. The minimum absolute atomic E-state index is 0.620. The summed E-state index contributed by atoms with van der Waals surface area (Å²) < 4.78 is 0. The van der Waals surface area contributed by atoms with E-state index in [0.717, 1.165) is 18.6 Å². The number of pyridine rings is 1. The molecule has 0 radical (unpaired) electrons. The summed E-state index contributed by atoms with van der Waals surface area (Å²) in [6, 6.07) is 12.1. The third-order valence-corrected chi connectivity index (χ3v) is 2.90. The number of hydrogen-bond donors (Lipinski definition) is 2. The van der Waals surface area contributed by atoms with Crippen LogP contribution in [0, 0.1) is 0 Å². The Kier molecular flexibility index (Phi) is 4.69. The van der Waals surface area contributed by atoms with Gasteiger partial charge < -0.3 is 15.3 Å². The van der Waals surface area contributed by atoms with E-state index in [2.05, 4.69) is 22.4 Å². The highest BCUT2D eigenvalue weighted by atomic mass is 16.4. The first kappa shape index (κ1) is 13.3. The quantitative estimate of drug-likeness (QED) is 0.757. The molecule has 0 spiro atoms. The fraction of sp³-hybridized carbons (Fsp3) is 0.286. The highest BCUT2D eigenvalue weighted by Gasteiger charge is 2.13. The molecule has 0 unspecified atom stereocenters. The molecule has 0 atom stereocenters. The summed E-state index contributed by atoms with van der Waals surface area (Å²) in [7, 11) is 0. The van der Waals surface area contributed by atoms with Crippen LogP contribution in [0.2, 0.25) is 0 Å². The van der Waals surface area contributed by atoms with Crippen molar-refractivity contribution in [3.05, 3.63) is 42.6 Å². The first-order valence-corrected chi connectivity index (χ1v) is 6.26. The van der Waals surface area contributed by atoms with E-state index in [-0.39, 0.29) is 0 Å². The molecule has 0 bridgehead atoms. The van der Waals surface area contributed by atoms with Crippen LogP contribution in [0.25, 0.3) is 10.9 Å². The van der Waals surface area contributed by atoms with Crippen LogP contribution in [0.15, 0.2) is 42.6 Å². The second-order valence-corrected chi connectivity index (χ2v) is 4.22. The first-order chi connectivity index (χ1) is 9.27. The third-order valence-electron chi connectivity index (χ3n) is 2.90. The minimum atomic E-state index is -0.809. The van der Waals surface area contributed by atoms with Crippen LogP contribution in [0.4, 0.5) is 4.79 Å². The van der Waals surface area contributed by atoms with Crippen molar-refractivity contribution in [3.63, 3.8) is 0 Å². The van der Waals surface area contributed by atoms with Gasteiger partial charge in [0, 0.05) is 37.8 Å². The van der Waals surface area contributed by atoms with Crippen molar-refractivity contribution in [1.29, 1.82) is 0 Å². The molecule has 5 heteroatoms. The van der Waals surface area contributed by atoms with Gasteiger partial charge in [-0.15, -0.1) is 0 Å². The van der Waals surface area contributed by atoms with Gasteiger partial charge in [0.1, 0.15) is 0 Å². The molecular formula is C14H17N3O2. The van der Waals surface area contributed by atoms with Gasteiger partial charge in [0.05, 0.1) is 5.52 Å². The number of nitrogens with one attached hydrogen (secondary N) is 1. The van der Waals surface area contributed by atoms with Crippen molar-refractivity contribution in [2.75, 3.05) is 26.2 Å². The Morgan fingerprint density at radius 1 is 1.16 bits per heavy atom. The van der Waals surface area contributed by atoms with Gasteiger partial charge in [-0.3, -0.25) is 4.98 Å². The minimum Gasteiger partial charge on any atom is -0.465 e. The molecule has 2 heterocycles. The van der Waals surface area contributed by atoms with Crippen molar-refractivity contribution in [3.8, 4) is 0 Å². The highest BCUT2D eigenvalue weighted by Crippen LogP contribution is 2.07. The zero-order chi connectivity index (χ0) is 13.5. The lowest BCUT2D eigenvalue weighted by atomic mass is 10.2. The number of piperazine rings is 1. The van der Waals surface area contributed by atoms with E-state index in [1.54, 1.807) is 0 Å². The monoisotopic (exact) mass is 259 g/mol. The second-order valence-electron chi connectivity index (χ2n) is 4.22. The lowest BCUT2D eigenvalue weighted by Gasteiger charge is -2.23. The summed E-state index contributed by atoms with van der Waals surface area (Å²) in [5.74, 6) is 0. The van der Waals surface area contributed by atoms with Crippen molar-refractivity contribution >= 4 is 17.0 Å². The van der Waals surface area contributed by atoms with Crippen molar-refractivity contribution < 1.29 is 9.90 Å². The number of carboxylic acid groups (broad SMARTS) is 1. The fourth-order valence-corrected chi connectivity index (χ4v) is 1.87. The molecule has 1 aromatic carbocycles. The van der Waals surface area contributed by atoms with Crippen LogP contribution in [0.3, 0.4) is 0 Å².